The normalized spacial score (nSPS) is 16.8. The summed E-state index contributed by atoms with van der Waals surface area (Å²) in [6, 6.07) is 7.15. The zero-order chi connectivity index (χ0) is 25.7. The number of methoxy groups -OCH3 is 1. The minimum atomic E-state index is -1.26. The van der Waals surface area contributed by atoms with Gasteiger partial charge in [-0.1, -0.05) is 0 Å². The minimum absolute atomic E-state index is 0.142. The van der Waals surface area contributed by atoms with E-state index in [0.29, 0.717) is 16.7 Å². The molecule has 0 saturated heterocycles. The monoisotopic (exact) mass is 516 g/mol. The third kappa shape index (κ3) is 4.07. The Kier molecular flexibility index (Phi) is 5.75. The average Bonchev–Trinajstić information content (AvgIpc) is 3.66. The molecule has 3 N–H and O–H groups in total. The van der Waals surface area contributed by atoms with Crippen LogP contribution in [0.1, 0.15) is 74.5 Å². The van der Waals surface area contributed by atoms with Gasteiger partial charge in [0.05, 0.1) is 24.1 Å². The van der Waals surface area contributed by atoms with Gasteiger partial charge < -0.3 is 20.1 Å². The summed E-state index contributed by atoms with van der Waals surface area (Å²) in [5, 5.41) is 20.6. The van der Waals surface area contributed by atoms with E-state index in [4.69, 9.17) is 4.74 Å². The number of carboxylic acid groups (broad SMARTS) is 1. The SMILES string of the molecule is COc1c(-c2cc3c(s2)CCCC3NC(=O)c2cccnn2)c(C2CC2)cc2c(=O)c(C(=O)O)c[nH]c12. The number of nitrogens with zero attached hydrogens (tertiary/aromatic N) is 2. The molecule has 1 saturated carbocycles. The molecule has 4 aromatic rings. The third-order valence-corrected chi connectivity index (χ3v) is 8.31. The maximum Gasteiger partial charge on any atom is 0.341 e. The van der Waals surface area contributed by atoms with Crippen LogP contribution in [-0.2, 0) is 6.42 Å². The summed E-state index contributed by atoms with van der Waals surface area (Å²) in [5.41, 5.74) is 2.95. The number of amides is 1. The van der Waals surface area contributed by atoms with Gasteiger partial charge in [-0.25, -0.2) is 4.79 Å². The lowest BCUT2D eigenvalue weighted by atomic mass is 9.92. The van der Waals surface area contributed by atoms with Crippen molar-refractivity contribution in [2.75, 3.05) is 7.11 Å². The number of nitrogens with one attached hydrogen (secondary N) is 2. The van der Waals surface area contributed by atoms with Crippen LogP contribution in [0.25, 0.3) is 21.3 Å². The number of aromatic nitrogens is 3. The first-order valence-corrected chi connectivity index (χ1v) is 13.0. The summed E-state index contributed by atoms with van der Waals surface area (Å²) in [6.07, 6.45) is 7.46. The number of ether oxygens (including phenoxy) is 1. The van der Waals surface area contributed by atoms with Gasteiger partial charge in [0.2, 0.25) is 5.43 Å². The summed E-state index contributed by atoms with van der Waals surface area (Å²) < 4.78 is 5.87. The zero-order valence-electron chi connectivity index (χ0n) is 20.0. The molecule has 188 valence electrons. The molecule has 10 heteroatoms. The molecule has 1 amide bonds. The molecule has 2 aliphatic carbocycles. The quantitative estimate of drug-likeness (QED) is 0.345. The fourth-order valence-electron chi connectivity index (χ4n) is 5.17. The second-order valence-corrected chi connectivity index (χ2v) is 10.6. The first-order chi connectivity index (χ1) is 18.0. The maximum absolute atomic E-state index is 13.0. The number of pyridine rings is 1. The van der Waals surface area contributed by atoms with E-state index in [2.05, 4.69) is 26.6 Å². The van der Waals surface area contributed by atoms with Crippen LogP contribution < -0.4 is 15.5 Å². The van der Waals surface area contributed by atoms with Crippen LogP contribution in [0, 0.1) is 0 Å². The lowest BCUT2D eigenvalue weighted by molar-refractivity contribution is 0.0695. The number of carboxylic acids is 1. The number of rotatable bonds is 6. The van der Waals surface area contributed by atoms with Crippen molar-refractivity contribution >= 4 is 34.1 Å². The van der Waals surface area contributed by atoms with Crippen LogP contribution in [0.4, 0.5) is 0 Å². The van der Waals surface area contributed by atoms with E-state index in [0.717, 1.165) is 53.7 Å². The van der Waals surface area contributed by atoms with Crippen LogP contribution >= 0.6 is 11.3 Å². The summed E-state index contributed by atoms with van der Waals surface area (Å²) in [6.45, 7) is 0. The summed E-state index contributed by atoms with van der Waals surface area (Å²) in [7, 11) is 1.57. The van der Waals surface area contributed by atoms with E-state index in [1.807, 2.05) is 6.07 Å². The topological polar surface area (TPSA) is 134 Å². The Morgan fingerprint density at radius 2 is 2.05 bits per heavy atom. The predicted octanol–water partition coefficient (Wildman–Crippen LogP) is 4.44. The molecular formula is C27H24N4O5S. The van der Waals surface area contributed by atoms with Crippen LogP contribution in [0.3, 0.4) is 0 Å². The highest BCUT2D eigenvalue weighted by Crippen LogP contribution is 2.52. The molecule has 37 heavy (non-hydrogen) atoms. The number of carbonyl (C=O) groups is 2. The number of H-pyrrole nitrogens is 1. The Hall–Kier alpha value is -4.05. The number of hydrogen-bond acceptors (Lipinski definition) is 7. The number of aryl methyl sites for hydroxylation is 1. The highest BCUT2D eigenvalue weighted by atomic mass is 32.1. The maximum atomic E-state index is 13.0. The van der Waals surface area contributed by atoms with Gasteiger partial charge in [-0.2, -0.15) is 5.10 Å². The largest absolute Gasteiger partial charge is 0.494 e. The van der Waals surface area contributed by atoms with Gasteiger partial charge in [-0.3, -0.25) is 9.59 Å². The lowest BCUT2D eigenvalue weighted by Gasteiger charge is -2.23. The lowest BCUT2D eigenvalue weighted by Crippen LogP contribution is -2.31. The molecule has 1 fully saturated rings. The van der Waals surface area contributed by atoms with Crippen molar-refractivity contribution in [3.63, 3.8) is 0 Å². The van der Waals surface area contributed by atoms with Crippen molar-refractivity contribution in [2.45, 2.75) is 44.1 Å². The van der Waals surface area contributed by atoms with E-state index < -0.39 is 11.4 Å². The number of thiophene rings is 1. The van der Waals surface area contributed by atoms with Gasteiger partial charge in [0.15, 0.2) is 11.4 Å². The highest BCUT2D eigenvalue weighted by Gasteiger charge is 2.33. The number of hydrogen-bond donors (Lipinski definition) is 3. The first-order valence-electron chi connectivity index (χ1n) is 12.2. The smallest absolute Gasteiger partial charge is 0.341 e. The van der Waals surface area contributed by atoms with Gasteiger partial charge in [-0.15, -0.1) is 16.4 Å². The second kappa shape index (κ2) is 9.11. The van der Waals surface area contributed by atoms with Gasteiger partial charge in [0.1, 0.15) is 5.56 Å². The fourth-order valence-corrected chi connectivity index (χ4v) is 6.50. The Labute approximate surface area is 215 Å². The van der Waals surface area contributed by atoms with E-state index in [9.17, 15) is 19.5 Å². The summed E-state index contributed by atoms with van der Waals surface area (Å²) in [5.74, 6) is -0.702. The first kappa shape index (κ1) is 23.4. The molecule has 3 aromatic heterocycles. The fraction of sp³-hybridized carbons (Fsp3) is 0.296. The van der Waals surface area contributed by atoms with Crippen molar-refractivity contribution in [1.29, 1.82) is 0 Å². The second-order valence-electron chi connectivity index (χ2n) is 9.42. The zero-order valence-corrected chi connectivity index (χ0v) is 20.9. The summed E-state index contributed by atoms with van der Waals surface area (Å²) >= 11 is 1.68. The average molecular weight is 517 g/mol. The molecule has 2 aliphatic rings. The van der Waals surface area contributed by atoms with Gasteiger partial charge in [0.25, 0.3) is 5.91 Å². The van der Waals surface area contributed by atoms with Crippen LogP contribution in [0.2, 0.25) is 0 Å². The van der Waals surface area contributed by atoms with Crippen molar-refractivity contribution in [3.8, 4) is 16.2 Å². The van der Waals surface area contributed by atoms with Crippen LogP contribution in [0.5, 0.6) is 5.75 Å². The molecule has 1 aromatic carbocycles. The Morgan fingerprint density at radius 1 is 1.22 bits per heavy atom. The van der Waals surface area contributed by atoms with Gasteiger partial charge in [-0.05, 0) is 73.4 Å². The molecule has 3 heterocycles. The molecule has 9 nitrogen and oxygen atoms in total. The molecule has 1 unspecified atom stereocenters. The minimum Gasteiger partial charge on any atom is -0.494 e. The van der Waals surface area contributed by atoms with E-state index in [1.165, 1.54) is 17.3 Å². The molecule has 0 radical (unpaired) electrons. The summed E-state index contributed by atoms with van der Waals surface area (Å²) in [4.78, 5) is 42.6. The van der Waals surface area contributed by atoms with Crippen molar-refractivity contribution in [1.82, 2.24) is 20.5 Å². The van der Waals surface area contributed by atoms with Crippen LogP contribution in [-0.4, -0.2) is 39.3 Å². The van der Waals surface area contributed by atoms with E-state index >= 15 is 0 Å². The van der Waals surface area contributed by atoms with E-state index in [-0.39, 0.29) is 29.1 Å². The molecular weight excluding hydrogens is 492 g/mol. The Morgan fingerprint density at radius 3 is 2.76 bits per heavy atom. The van der Waals surface area contributed by atoms with Gasteiger partial charge >= 0.3 is 5.97 Å². The van der Waals surface area contributed by atoms with E-state index in [1.54, 1.807) is 30.6 Å². The van der Waals surface area contributed by atoms with Crippen molar-refractivity contribution in [3.05, 3.63) is 74.1 Å². The molecule has 0 aliphatic heterocycles. The molecule has 1 atom stereocenters. The van der Waals surface area contributed by atoms with Crippen molar-refractivity contribution < 1.29 is 19.4 Å². The predicted molar refractivity (Wildman–Crippen MR) is 139 cm³/mol. The van der Waals surface area contributed by atoms with Gasteiger partial charge in [0, 0.05) is 27.7 Å². The number of carbonyl (C=O) groups excluding carboxylic acids is 1. The number of aromatic carboxylic acids is 1. The molecule has 6 rings (SSSR count). The number of aromatic amines is 1. The Bertz CT molecular complexity index is 1610. The standard InChI is InChI=1S/C27H24N4O5S/c1-36-25-22(14(13-7-8-13)10-16-23(25)28-12-17(24(16)32)27(34)35)21-11-15-18(4-2-6-20(15)37-21)30-26(33)19-5-3-9-29-31-19/h3,5,9-13,18H,2,4,6-8H2,1H3,(H,28,32)(H,30,33)(H,34,35). The Balaban J connectivity index is 1.47. The third-order valence-electron chi connectivity index (χ3n) is 7.08. The van der Waals surface area contributed by atoms with Crippen LogP contribution in [0.15, 0.2) is 41.5 Å². The number of fused-ring (bicyclic) bond motifs is 2. The molecule has 0 spiro atoms. The number of benzene rings is 1. The highest BCUT2D eigenvalue weighted by molar-refractivity contribution is 7.15. The van der Waals surface area contributed by atoms with Crippen molar-refractivity contribution in [2.24, 2.45) is 0 Å². The molecule has 0 bridgehead atoms.